The van der Waals surface area contributed by atoms with Crippen molar-refractivity contribution in [3.63, 3.8) is 0 Å². The Morgan fingerprint density at radius 2 is 1.72 bits per heavy atom. The minimum Gasteiger partial charge on any atom is -0.497 e. The minimum atomic E-state index is -0.927. The number of rotatable bonds is 7. The van der Waals surface area contributed by atoms with Crippen molar-refractivity contribution in [3.8, 4) is 23.3 Å². The van der Waals surface area contributed by atoms with Crippen molar-refractivity contribution >= 4 is 11.6 Å². The highest BCUT2D eigenvalue weighted by Gasteiger charge is 2.24. The van der Waals surface area contributed by atoms with Crippen molar-refractivity contribution in [3.05, 3.63) is 83.9 Å². The lowest BCUT2D eigenvalue weighted by molar-refractivity contribution is -0.123. The molecule has 1 atom stereocenters. The Labute approximate surface area is 169 Å². The predicted octanol–water partition coefficient (Wildman–Crippen LogP) is 4.33. The molecular formula is C23H20N2O4. The summed E-state index contributed by atoms with van der Waals surface area (Å²) in [6.07, 6.45) is -0.927. The van der Waals surface area contributed by atoms with Gasteiger partial charge in [-0.05, 0) is 24.3 Å². The summed E-state index contributed by atoms with van der Waals surface area (Å²) in [6, 6.07) is 23.1. The second-order valence-corrected chi connectivity index (χ2v) is 6.11. The first-order valence-electron chi connectivity index (χ1n) is 8.89. The number of amides is 1. The monoisotopic (exact) mass is 388 g/mol. The van der Waals surface area contributed by atoms with Crippen LogP contribution < -0.4 is 19.5 Å². The molecule has 0 aliphatic carbocycles. The van der Waals surface area contributed by atoms with Crippen LogP contribution in [0.15, 0.2) is 72.8 Å². The lowest BCUT2D eigenvalue weighted by Crippen LogP contribution is -2.25. The number of hydrogen-bond donors (Lipinski definition) is 1. The molecule has 0 saturated heterocycles. The molecule has 3 aromatic rings. The number of methoxy groups -OCH3 is 2. The summed E-state index contributed by atoms with van der Waals surface area (Å²) in [5.74, 6) is 1.02. The molecule has 1 amide bonds. The maximum absolute atomic E-state index is 13.1. The van der Waals surface area contributed by atoms with Gasteiger partial charge >= 0.3 is 0 Å². The molecule has 0 radical (unpaired) electrons. The molecule has 0 spiro atoms. The molecule has 1 N–H and O–H groups in total. The van der Waals surface area contributed by atoms with E-state index < -0.39 is 6.10 Å². The largest absolute Gasteiger partial charge is 0.497 e. The van der Waals surface area contributed by atoms with Gasteiger partial charge in [0.15, 0.2) is 11.5 Å². The fourth-order valence-electron chi connectivity index (χ4n) is 2.77. The molecule has 0 heterocycles. The van der Waals surface area contributed by atoms with Gasteiger partial charge in [-0.25, -0.2) is 0 Å². The van der Waals surface area contributed by atoms with Crippen LogP contribution in [0.4, 0.5) is 5.69 Å². The third-order valence-electron chi connectivity index (χ3n) is 4.22. The second kappa shape index (κ2) is 9.29. The lowest BCUT2D eigenvalue weighted by Gasteiger charge is -2.21. The molecule has 0 fully saturated rings. The number of nitrogens with zero attached hydrogens (tertiary/aromatic N) is 1. The van der Waals surface area contributed by atoms with Crippen LogP contribution in [0, 0.1) is 11.3 Å². The van der Waals surface area contributed by atoms with Crippen molar-refractivity contribution in [2.24, 2.45) is 0 Å². The molecule has 29 heavy (non-hydrogen) atoms. The minimum absolute atomic E-state index is 0.351. The molecule has 0 saturated carbocycles. The Kier molecular flexibility index (Phi) is 6.33. The third-order valence-corrected chi connectivity index (χ3v) is 4.22. The first-order chi connectivity index (χ1) is 14.1. The van der Waals surface area contributed by atoms with Crippen molar-refractivity contribution < 1.29 is 19.0 Å². The van der Waals surface area contributed by atoms with Crippen molar-refractivity contribution in [2.45, 2.75) is 6.10 Å². The number of anilines is 1. The SMILES string of the molecule is COc1cccc(NC(=O)[C@@H](Oc2ccc(C#N)cc2OC)c2ccccc2)c1. The smallest absolute Gasteiger partial charge is 0.270 e. The van der Waals surface area contributed by atoms with Gasteiger partial charge in [-0.3, -0.25) is 4.79 Å². The number of benzene rings is 3. The molecule has 0 aliphatic rings. The summed E-state index contributed by atoms with van der Waals surface area (Å²) in [7, 11) is 3.05. The molecule has 0 aliphatic heterocycles. The summed E-state index contributed by atoms with van der Waals surface area (Å²) in [4.78, 5) is 13.1. The van der Waals surface area contributed by atoms with E-state index in [0.717, 1.165) is 0 Å². The number of carbonyl (C=O) groups excluding carboxylic acids is 1. The summed E-state index contributed by atoms with van der Waals surface area (Å²) < 4.78 is 16.6. The van der Waals surface area contributed by atoms with Gasteiger partial charge in [-0.2, -0.15) is 5.26 Å². The number of hydrogen-bond acceptors (Lipinski definition) is 5. The molecular weight excluding hydrogens is 368 g/mol. The highest BCUT2D eigenvalue weighted by atomic mass is 16.5. The first-order valence-corrected chi connectivity index (χ1v) is 8.89. The van der Waals surface area contributed by atoms with Crippen LogP contribution >= 0.6 is 0 Å². The van der Waals surface area contributed by atoms with Gasteiger partial charge in [-0.1, -0.05) is 36.4 Å². The predicted molar refractivity (Wildman–Crippen MR) is 109 cm³/mol. The quantitative estimate of drug-likeness (QED) is 0.651. The van der Waals surface area contributed by atoms with E-state index in [4.69, 9.17) is 19.5 Å². The van der Waals surface area contributed by atoms with Crippen LogP contribution in [0.1, 0.15) is 17.2 Å². The molecule has 3 rings (SSSR count). The number of nitriles is 1. The molecule has 6 heteroatoms. The summed E-state index contributed by atoms with van der Waals surface area (Å²) >= 11 is 0. The Balaban J connectivity index is 1.91. The van der Waals surface area contributed by atoms with Gasteiger partial charge in [0.1, 0.15) is 5.75 Å². The zero-order valence-corrected chi connectivity index (χ0v) is 16.1. The standard InChI is InChI=1S/C23H20N2O4/c1-27-19-10-6-9-18(14-19)25-23(26)22(17-7-4-3-5-8-17)29-20-12-11-16(15-24)13-21(20)28-2/h3-14,22H,1-2H3,(H,25,26)/t22-/m0/s1. The van der Waals surface area contributed by atoms with Crippen molar-refractivity contribution in [2.75, 3.05) is 19.5 Å². The van der Waals surface area contributed by atoms with E-state index in [-0.39, 0.29) is 5.91 Å². The van der Waals surface area contributed by atoms with Gasteiger partial charge in [0.25, 0.3) is 5.91 Å². The highest BCUT2D eigenvalue weighted by Crippen LogP contribution is 2.33. The van der Waals surface area contributed by atoms with E-state index in [1.54, 1.807) is 49.6 Å². The van der Waals surface area contributed by atoms with E-state index >= 15 is 0 Å². The Hall–Kier alpha value is -3.98. The molecule has 6 nitrogen and oxygen atoms in total. The van der Waals surface area contributed by atoms with Gasteiger partial charge in [0.2, 0.25) is 6.10 Å². The van der Waals surface area contributed by atoms with Gasteiger partial charge in [-0.15, -0.1) is 0 Å². The molecule has 146 valence electrons. The number of ether oxygens (including phenoxy) is 3. The fourth-order valence-corrected chi connectivity index (χ4v) is 2.77. The molecule has 0 unspecified atom stereocenters. The Morgan fingerprint density at radius 3 is 2.41 bits per heavy atom. The Bertz CT molecular complexity index is 1030. The lowest BCUT2D eigenvalue weighted by atomic mass is 10.1. The average molecular weight is 388 g/mol. The van der Waals surface area contributed by atoms with Crippen LogP contribution in [0.5, 0.6) is 17.2 Å². The maximum Gasteiger partial charge on any atom is 0.270 e. The van der Waals surface area contributed by atoms with E-state index in [1.807, 2.05) is 30.3 Å². The third kappa shape index (κ3) is 4.85. The number of carbonyl (C=O) groups is 1. The zero-order chi connectivity index (χ0) is 20.6. The molecule has 0 aromatic heterocycles. The summed E-state index contributed by atoms with van der Waals surface area (Å²) in [6.45, 7) is 0. The normalized spacial score (nSPS) is 11.1. The molecule has 3 aromatic carbocycles. The Morgan fingerprint density at radius 1 is 0.931 bits per heavy atom. The topological polar surface area (TPSA) is 80.6 Å². The highest BCUT2D eigenvalue weighted by molar-refractivity contribution is 5.95. The fraction of sp³-hybridized carbons (Fsp3) is 0.130. The zero-order valence-electron chi connectivity index (χ0n) is 16.1. The van der Waals surface area contributed by atoms with Crippen molar-refractivity contribution in [1.29, 1.82) is 5.26 Å². The maximum atomic E-state index is 13.1. The van der Waals surface area contributed by atoms with E-state index in [0.29, 0.717) is 34.1 Å². The van der Waals surface area contributed by atoms with E-state index in [9.17, 15) is 4.79 Å². The average Bonchev–Trinajstić information content (AvgIpc) is 2.78. The summed E-state index contributed by atoms with van der Waals surface area (Å²) in [5.41, 5.74) is 1.70. The van der Waals surface area contributed by atoms with Crippen LogP contribution in [0.3, 0.4) is 0 Å². The van der Waals surface area contributed by atoms with Gasteiger partial charge in [0.05, 0.1) is 25.9 Å². The van der Waals surface area contributed by atoms with E-state index in [1.165, 1.54) is 7.11 Å². The van der Waals surface area contributed by atoms with Crippen LogP contribution in [0.25, 0.3) is 0 Å². The molecule has 0 bridgehead atoms. The number of nitrogens with one attached hydrogen (secondary N) is 1. The van der Waals surface area contributed by atoms with Gasteiger partial charge < -0.3 is 19.5 Å². The van der Waals surface area contributed by atoms with Crippen LogP contribution in [0.2, 0.25) is 0 Å². The second-order valence-electron chi connectivity index (χ2n) is 6.11. The van der Waals surface area contributed by atoms with Crippen LogP contribution in [-0.2, 0) is 4.79 Å². The van der Waals surface area contributed by atoms with Crippen molar-refractivity contribution in [1.82, 2.24) is 0 Å². The van der Waals surface area contributed by atoms with E-state index in [2.05, 4.69) is 11.4 Å². The summed E-state index contributed by atoms with van der Waals surface area (Å²) in [5, 5.41) is 11.9. The van der Waals surface area contributed by atoms with Gasteiger partial charge in [0, 0.05) is 23.4 Å². The first kappa shape index (κ1) is 19.8. The van der Waals surface area contributed by atoms with Crippen LogP contribution in [-0.4, -0.2) is 20.1 Å².